The molecule has 0 aromatic carbocycles. The molecule has 2 aromatic rings. The number of hydrogen-bond donors (Lipinski definition) is 1. The number of nitrogens with zero attached hydrogens (tertiary/aromatic N) is 2. The zero-order chi connectivity index (χ0) is 12.4. The van der Waals surface area contributed by atoms with Crippen molar-refractivity contribution in [2.24, 2.45) is 0 Å². The van der Waals surface area contributed by atoms with E-state index in [1.807, 2.05) is 0 Å². The fourth-order valence-corrected chi connectivity index (χ4v) is 2.69. The first-order valence-electron chi connectivity index (χ1n) is 5.60. The minimum Gasteiger partial charge on any atom is -0.375 e. The molecule has 1 N–H and O–H groups in total. The van der Waals surface area contributed by atoms with E-state index in [-0.39, 0.29) is 5.91 Å². The number of anilines is 1. The molecule has 92 valence electrons. The van der Waals surface area contributed by atoms with Gasteiger partial charge in [0, 0.05) is 18.8 Å². The van der Waals surface area contributed by atoms with Crippen molar-refractivity contribution in [1.29, 1.82) is 0 Å². The van der Waals surface area contributed by atoms with Crippen molar-refractivity contribution in [2.45, 2.75) is 13.0 Å². The normalized spacial score (nSPS) is 14.0. The number of rotatable bonds is 2. The fraction of sp³-hybridized carbons (Fsp3) is 0.250. The molecule has 5 nitrogen and oxygen atoms in total. The number of nitrogens with one attached hydrogen (secondary N) is 1. The highest BCUT2D eigenvalue weighted by Crippen LogP contribution is 2.27. The minimum absolute atomic E-state index is 0.185. The number of pyridine rings is 1. The summed E-state index contributed by atoms with van der Waals surface area (Å²) in [5, 5.41) is 3.41. The third-order valence-corrected chi connectivity index (χ3v) is 3.63. The van der Waals surface area contributed by atoms with E-state index in [0.29, 0.717) is 23.9 Å². The number of amides is 1. The lowest BCUT2D eigenvalue weighted by molar-refractivity contribution is 0.102. The number of ether oxygens (including phenoxy) is 1. The number of carbonyl (C=O) groups excluding carboxylic acids is 1. The molecular weight excluding hydrogens is 250 g/mol. The molecule has 0 unspecified atom stereocenters. The van der Waals surface area contributed by atoms with Crippen LogP contribution in [-0.2, 0) is 17.8 Å². The second kappa shape index (κ2) is 4.83. The predicted molar refractivity (Wildman–Crippen MR) is 67.7 cm³/mol. The second-order valence-electron chi connectivity index (χ2n) is 3.89. The maximum Gasteiger partial charge on any atom is 0.259 e. The highest BCUT2D eigenvalue weighted by atomic mass is 32.1. The molecule has 0 spiro atoms. The minimum atomic E-state index is -0.185. The largest absolute Gasteiger partial charge is 0.375 e. The van der Waals surface area contributed by atoms with Gasteiger partial charge >= 0.3 is 0 Å². The standard InChI is InChI=1S/C12H11N3O2S/c16-11(8-2-1-4-13-6-8)15-12-14-9-3-5-17-7-10(9)18-12/h1-2,4,6H,3,5,7H2,(H,14,15,16). The van der Waals surface area contributed by atoms with E-state index in [4.69, 9.17) is 4.74 Å². The smallest absolute Gasteiger partial charge is 0.259 e. The van der Waals surface area contributed by atoms with E-state index in [9.17, 15) is 4.79 Å². The Kier molecular flexibility index (Phi) is 3.04. The number of hydrogen-bond acceptors (Lipinski definition) is 5. The molecule has 2 aromatic heterocycles. The molecule has 6 heteroatoms. The Morgan fingerprint density at radius 2 is 2.44 bits per heavy atom. The van der Waals surface area contributed by atoms with Gasteiger partial charge in [0.15, 0.2) is 5.13 Å². The van der Waals surface area contributed by atoms with Gasteiger partial charge in [-0.1, -0.05) is 11.3 Å². The topological polar surface area (TPSA) is 64.1 Å². The van der Waals surface area contributed by atoms with Crippen molar-refractivity contribution >= 4 is 22.4 Å². The summed E-state index contributed by atoms with van der Waals surface area (Å²) < 4.78 is 5.35. The maximum absolute atomic E-state index is 11.9. The average Bonchev–Trinajstić information content (AvgIpc) is 2.82. The van der Waals surface area contributed by atoms with Gasteiger partial charge in [-0.15, -0.1) is 0 Å². The molecule has 0 fully saturated rings. The monoisotopic (exact) mass is 261 g/mol. The van der Waals surface area contributed by atoms with Crippen LogP contribution in [-0.4, -0.2) is 22.5 Å². The first kappa shape index (κ1) is 11.3. The maximum atomic E-state index is 11.9. The van der Waals surface area contributed by atoms with Crippen LogP contribution in [0.5, 0.6) is 0 Å². The quantitative estimate of drug-likeness (QED) is 0.896. The van der Waals surface area contributed by atoms with Crippen LogP contribution in [0.15, 0.2) is 24.5 Å². The summed E-state index contributed by atoms with van der Waals surface area (Å²) in [5.74, 6) is -0.185. The van der Waals surface area contributed by atoms with Crippen LogP contribution in [0.4, 0.5) is 5.13 Å². The first-order chi connectivity index (χ1) is 8.83. The predicted octanol–water partition coefficient (Wildman–Crippen LogP) is 1.86. The molecule has 3 rings (SSSR count). The number of thiazole rings is 1. The number of fused-ring (bicyclic) bond motifs is 1. The van der Waals surface area contributed by atoms with E-state index < -0.39 is 0 Å². The molecule has 0 bridgehead atoms. The summed E-state index contributed by atoms with van der Waals surface area (Å²) in [7, 11) is 0. The third-order valence-electron chi connectivity index (χ3n) is 2.64. The SMILES string of the molecule is O=C(Nc1nc2c(s1)COCC2)c1cccnc1. The Labute approximate surface area is 108 Å². The van der Waals surface area contributed by atoms with Gasteiger partial charge in [0.1, 0.15) is 0 Å². The molecule has 0 radical (unpaired) electrons. The summed E-state index contributed by atoms with van der Waals surface area (Å²) in [5.41, 5.74) is 1.56. The highest BCUT2D eigenvalue weighted by Gasteiger charge is 2.17. The Morgan fingerprint density at radius 1 is 1.50 bits per heavy atom. The van der Waals surface area contributed by atoms with Crippen LogP contribution in [0.1, 0.15) is 20.9 Å². The zero-order valence-corrected chi connectivity index (χ0v) is 10.4. The van der Waals surface area contributed by atoms with Crippen molar-refractivity contribution in [3.05, 3.63) is 40.7 Å². The van der Waals surface area contributed by atoms with E-state index in [0.717, 1.165) is 17.0 Å². The summed E-state index contributed by atoms with van der Waals surface area (Å²) in [6.45, 7) is 1.29. The summed E-state index contributed by atoms with van der Waals surface area (Å²) in [4.78, 5) is 21.3. The number of carbonyl (C=O) groups is 1. The third kappa shape index (κ3) is 2.25. The van der Waals surface area contributed by atoms with Crippen molar-refractivity contribution in [3.63, 3.8) is 0 Å². The molecule has 1 aliphatic rings. The van der Waals surface area contributed by atoms with Gasteiger partial charge < -0.3 is 4.74 Å². The van der Waals surface area contributed by atoms with Crippen LogP contribution >= 0.6 is 11.3 Å². The zero-order valence-electron chi connectivity index (χ0n) is 9.55. The van der Waals surface area contributed by atoms with E-state index in [1.54, 1.807) is 18.3 Å². The van der Waals surface area contributed by atoms with Crippen LogP contribution in [0.2, 0.25) is 0 Å². The Balaban J connectivity index is 1.77. The summed E-state index contributed by atoms with van der Waals surface area (Å²) in [6.07, 6.45) is 3.98. The summed E-state index contributed by atoms with van der Waals surface area (Å²) >= 11 is 1.47. The molecule has 1 aliphatic heterocycles. The van der Waals surface area contributed by atoms with E-state index in [1.165, 1.54) is 17.5 Å². The van der Waals surface area contributed by atoms with Gasteiger partial charge in [-0.3, -0.25) is 15.1 Å². The number of aromatic nitrogens is 2. The van der Waals surface area contributed by atoms with Gasteiger partial charge in [-0.25, -0.2) is 4.98 Å². The van der Waals surface area contributed by atoms with Crippen LogP contribution in [0.25, 0.3) is 0 Å². The Morgan fingerprint density at radius 3 is 3.22 bits per heavy atom. The van der Waals surface area contributed by atoms with Gasteiger partial charge in [0.25, 0.3) is 5.91 Å². The Bertz CT molecular complexity index is 544. The molecule has 0 saturated carbocycles. The fourth-order valence-electron chi connectivity index (χ4n) is 1.74. The van der Waals surface area contributed by atoms with Gasteiger partial charge in [0.05, 0.1) is 29.3 Å². The molecule has 0 aliphatic carbocycles. The van der Waals surface area contributed by atoms with Crippen molar-refractivity contribution in [1.82, 2.24) is 9.97 Å². The molecule has 1 amide bonds. The molecule has 0 atom stereocenters. The average molecular weight is 261 g/mol. The van der Waals surface area contributed by atoms with Crippen molar-refractivity contribution in [2.75, 3.05) is 11.9 Å². The van der Waals surface area contributed by atoms with Crippen LogP contribution in [0, 0.1) is 0 Å². The second-order valence-corrected chi connectivity index (χ2v) is 4.97. The van der Waals surface area contributed by atoms with Crippen LogP contribution in [0.3, 0.4) is 0 Å². The molecule has 0 saturated heterocycles. The highest BCUT2D eigenvalue weighted by molar-refractivity contribution is 7.15. The van der Waals surface area contributed by atoms with Gasteiger partial charge in [-0.05, 0) is 12.1 Å². The lowest BCUT2D eigenvalue weighted by Gasteiger charge is -2.08. The molecular formula is C12H11N3O2S. The first-order valence-corrected chi connectivity index (χ1v) is 6.42. The molecule has 18 heavy (non-hydrogen) atoms. The van der Waals surface area contributed by atoms with Gasteiger partial charge in [-0.2, -0.15) is 0 Å². The lowest BCUT2D eigenvalue weighted by Crippen LogP contribution is -2.12. The van der Waals surface area contributed by atoms with Gasteiger partial charge in [0.2, 0.25) is 0 Å². The van der Waals surface area contributed by atoms with E-state index >= 15 is 0 Å². The molecule has 3 heterocycles. The Hall–Kier alpha value is -1.79. The summed E-state index contributed by atoms with van der Waals surface area (Å²) in [6, 6.07) is 3.45. The lowest BCUT2D eigenvalue weighted by atomic mass is 10.2. The van der Waals surface area contributed by atoms with Crippen molar-refractivity contribution in [3.8, 4) is 0 Å². The van der Waals surface area contributed by atoms with Crippen LogP contribution < -0.4 is 5.32 Å². The van der Waals surface area contributed by atoms with E-state index in [2.05, 4.69) is 15.3 Å². The van der Waals surface area contributed by atoms with Crippen molar-refractivity contribution < 1.29 is 9.53 Å².